The van der Waals surface area contributed by atoms with E-state index in [0.717, 1.165) is 12.8 Å². The van der Waals surface area contributed by atoms with E-state index in [2.05, 4.69) is 24.1 Å². The first-order valence-electron chi connectivity index (χ1n) is 6.57. The zero-order valence-electron chi connectivity index (χ0n) is 11.1. The third kappa shape index (κ3) is 4.65. The summed E-state index contributed by atoms with van der Waals surface area (Å²) in [6, 6.07) is 3.41. The highest BCUT2D eigenvalue weighted by molar-refractivity contribution is 6.32. The Balaban J connectivity index is 2.47. The Bertz CT molecular complexity index is 382. The topological polar surface area (TPSA) is 42.0 Å². The first-order chi connectivity index (χ1) is 8.69. The minimum atomic E-state index is -0.136. The highest BCUT2D eigenvalue weighted by Gasteiger charge is 2.12. The van der Waals surface area contributed by atoms with Gasteiger partial charge in [-0.25, -0.2) is 4.98 Å². The fourth-order valence-electron chi connectivity index (χ4n) is 1.83. The van der Waals surface area contributed by atoms with Crippen molar-refractivity contribution in [2.24, 2.45) is 5.92 Å². The van der Waals surface area contributed by atoms with Gasteiger partial charge in [-0.05, 0) is 24.5 Å². The average Bonchev–Trinajstić information content (AvgIpc) is 2.39. The van der Waals surface area contributed by atoms with Crippen molar-refractivity contribution < 1.29 is 4.79 Å². The molecule has 18 heavy (non-hydrogen) atoms. The van der Waals surface area contributed by atoms with Gasteiger partial charge in [0.05, 0.1) is 5.56 Å². The van der Waals surface area contributed by atoms with Crippen molar-refractivity contribution in [3.05, 3.63) is 29.0 Å². The molecule has 0 aliphatic heterocycles. The molecule has 1 rings (SSSR count). The molecule has 4 heteroatoms. The van der Waals surface area contributed by atoms with E-state index in [1.54, 1.807) is 18.3 Å². The summed E-state index contributed by atoms with van der Waals surface area (Å²) in [4.78, 5) is 15.8. The van der Waals surface area contributed by atoms with Crippen LogP contribution in [0.3, 0.4) is 0 Å². The minimum Gasteiger partial charge on any atom is -0.352 e. The second-order valence-corrected chi connectivity index (χ2v) is 4.83. The number of carbonyl (C=O) groups is 1. The van der Waals surface area contributed by atoms with Crippen molar-refractivity contribution >= 4 is 17.5 Å². The fourth-order valence-corrected chi connectivity index (χ4v) is 2.04. The van der Waals surface area contributed by atoms with Crippen LogP contribution in [-0.4, -0.2) is 17.4 Å². The molecule has 3 nitrogen and oxygen atoms in total. The number of pyridine rings is 1. The number of nitrogens with one attached hydrogen (secondary N) is 1. The maximum atomic E-state index is 11.9. The van der Waals surface area contributed by atoms with Gasteiger partial charge in [0.2, 0.25) is 0 Å². The van der Waals surface area contributed by atoms with Crippen LogP contribution in [-0.2, 0) is 0 Å². The Labute approximate surface area is 114 Å². The van der Waals surface area contributed by atoms with Crippen LogP contribution in [0.2, 0.25) is 5.15 Å². The molecule has 0 aliphatic carbocycles. The van der Waals surface area contributed by atoms with Crippen LogP contribution in [0.5, 0.6) is 0 Å². The Kier molecular flexibility index (Phi) is 6.73. The van der Waals surface area contributed by atoms with Gasteiger partial charge in [0.15, 0.2) is 0 Å². The molecule has 0 bridgehead atoms. The lowest BCUT2D eigenvalue weighted by molar-refractivity contribution is 0.0945. The van der Waals surface area contributed by atoms with Crippen molar-refractivity contribution in [3.8, 4) is 0 Å². The molecule has 0 saturated heterocycles. The van der Waals surface area contributed by atoms with E-state index in [0.29, 0.717) is 18.0 Å². The van der Waals surface area contributed by atoms with E-state index in [-0.39, 0.29) is 11.1 Å². The third-order valence-corrected chi connectivity index (χ3v) is 3.40. The number of aromatic nitrogens is 1. The molecule has 1 heterocycles. The lowest BCUT2D eigenvalue weighted by Gasteiger charge is -2.15. The van der Waals surface area contributed by atoms with E-state index in [9.17, 15) is 4.79 Å². The monoisotopic (exact) mass is 268 g/mol. The average molecular weight is 269 g/mol. The van der Waals surface area contributed by atoms with Gasteiger partial charge in [-0.1, -0.05) is 44.7 Å². The second-order valence-electron chi connectivity index (χ2n) is 4.47. The molecule has 100 valence electrons. The smallest absolute Gasteiger partial charge is 0.254 e. The number of rotatable bonds is 7. The highest BCUT2D eigenvalue weighted by Crippen LogP contribution is 2.13. The molecule has 1 atom stereocenters. The molecule has 0 spiro atoms. The number of hydrogen-bond donors (Lipinski definition) is 1. The Hall–Kier alpha value is -1.09. The second kappa shape index (κ2) is 8.09. The zero-order chi connectivity index (χ0) is 13.4. The number of hydrogen-bond acceptors (Lipinski definition) is 2. The van der Waals surface area contributed by atoms with Crippen LogP contribution in [0.1, 0.15) is 49.9 Å². The summed E-state index contributed by atoms with van der Waals surface area (Å²) >= 11 is 5.88. The molecule has 0 aromatic carbocycles. The van der Waals surface area contributed by atoms with E-state index < -0.39 is 0 Å². The number of nitrogens with zero attached hydrogens (tertiary/aromatic N) is 1. The predicted molar refractivity (Wildman–Crippen MR) is 74.9 cm³/mol. The Morgan fingerprint density at radius 1 is 1.50 bits per heavy atom. The molecule has 0 saturated carbocycles. The van der Waals surface area contributed by atoms with Gasteiger partial charge < -0.3 is 5.32 Å². The summed E-state index contributed by atoms with van der Waals surface area (Å²) in [5.74, 6) is 0.410. The number of unbranched alkanes of at least 4 members (excludes halogenated alkanes) is 1. The van der Waals surface area contributed by atoms with Gasteiger partial charge in [-0.15, -0.1) is 0 Å². The standard InChI is InChI=1S/C14H21ClN2O/c1-3-5-7-11(4-2)10-17-14(18)12-8-6-9-16-13(12)15/h6,8-9,11H,3-5,7,10H2,1-2H3,(H,17,18)/t11-/m0/s1. The maximum Gasteiger partial charge on any atom is 0.254 e. The van der Waals surface area contributed by atoms with Crippen molar-refractivity contribution in [2.45, 2.75) is 39.5 Å². The first kappa shape index (κ1) is 15.0. The van der Waals surface area contributed by atoms with Crippen molar-refractivity contribution in [2.75, 3.05) is 6.54 Å². The summed E-state index contributed by atoms with van der Waals surface area (Å²) in [7, 11) is 0. The van der Waals surface area contributed by atoms with Crippen LogP contribution in [0, 0.1) is 5.92 Å². The molecular weight excluding hydrogens is 248 g/mol. The summed E-state index contributed by atoms with van der Waals surface area (Å²) in [6.07, 6.45) is 6.23. The third-order valence-electron chi connectivity index (χ3n) is 3.10. The van der Waals surface area contributed by atoms with Crippen LogP contribution in [0.15, 0.2) is 18.3 Å². The van der Waals surface area contributed by atoms with E-state index in [1.165, 1.54) is 12.8 Å². The molecule has 1 amide bonds. The molecule has 0 fully saturated rings. The maximum absolute atomic E-state index is 11.9. The van der Waals surface area contributed by atoms with Gasteiger partial charge in [0.25, 0.3) is 5.91 Å². The quantitative estimate of drug-likeness (QED) is 0.767. The number of carbonyl (C=O) groups excluding carboxylic acids is 1. The minimum absolute atomic E-state index is 0.136. The molecule has 1 N–H and O–H groups in total. The van der Waals surface area contributed by atoms with Crippen LogP contribution < -0.4 is 5.32 Å². The summed E-state index contributed by atoms with van der Waals surface area (Å²) in [5.41, 5.74) is 0.449. The SMILES string of the molecule is CCCC[C@H](CC)CNC(=O)c1cccnc1Cl. The fraction of sp³-hybridized carbons (Fsp3) is 0.571. The molecule has 0 unspecified atom stereocenters. The Morgan fingerprint density at radius 2 is 2.28 bits per heavy atom. The Morgan fingerprint density at radius 3 is 2.89 bits per heavy atom. The lowest BCUT2D eigenvalue weighted by atomic mass is 9.99. The lowest BCUT2D eigenvalue weighted by Crippen LogP contribution is -2.29. The van der Waals surface area contributed by atoms with Crippen molar-refractivity contribution in [1.82, 2.24) is 10.3 Å². The van der Waals surface area contributed by atoms with Crippen LogP contribution >= 0.6 is 11.6 Å². The highest BCUT2D eigenvalue weighted by atomic mass is 35.5. The van der Waals surface area contributed by atoms with Gasteiger partial charge in [0, 0.05) is 12.7 Å². The predicted octanol–water partition coefficient (Wildman–Crippen LogP) is 3.68. The van der Waals surface area contributed by atoms with Gasteiger partial charge in [-0.3, -0.25) is 4.79 Å². The van der Waals surface area contributed by atoms with Crippen LogP contribution in [0.4, 0.5) is 0 Å². The van der Waals surface area contributed by atoms with E-state index >= 15 is 0 Å². The molecule has 0 radical (unpaired) electrons. The van der Waals surface area contributed by atoms with Crippen molar-refractivity contribution in [1.29, 1.82) is 0 Å². The molecule has 1 aromatic heterocycles. The van der Waals surface area contributed by atoms with Gasteiger partial charge >= 0.3 is 0 Å². The summed E-state index contributed by atoms with van der Waals surface area (Å²) < 4.78 is 0. The van der Waals surface area contributed by atoms with Crippen LogP contribution in [0.25, 0.3) is 0 Å². The normalized spacial score (nSPS) is 12.2. The molecule has 1 aromatic rings. The number of amides is 1. The number of halogens is 1. The van der Waals surface area contributed by atoms with Gasteiger partial charge in [0.1, 0.15) is 5.15 Å². The van der Waals surface area contributed by atoms with E-state index in [1.807, 2.05) is 0 Å². The van der Waals surface area contributed by atoms with Gasteiger partial charge in [-0.2, -0.15) is 0 Å². The molecular formula is C14H21ClN2O. The summed E-state index contributed by atoms with van der Waals surface area (Å²) in [6.45, 7) is 5.05. The largest absolute Gasteiger partial charge is 0.352 e. The summed E-state index contributed by atoms with van der Waals surface area (Å²) in [5, 5.41) is 3.20. The first-order valence-corrected chi connectivity index (χ1v) is 6.95. The van der Waals surface area contributed by atoms with Crippen molar-refractivity contribution in [3.63, 3.8) is 0 Å². The molecule has 0 aliphatic rings. The zero-order valence-corrected chi connectivity index (χ0v) is 11.8. The van der Waals surface area contributed by atoms with E-state index in [4.69, 9.17) is 11.6 Å².